The lowest BCUT2D eigenvalue weighted by Crippen LogP contribution is -2.13. The number of benzene rings is 3. The number of amides is 1. The third kappa shape index (κ3) is 5.56. The fraction of sp³-hybridized carbons (Fsp3) is 0.0833. The molecular weight excluding hydrogens is 447 g/mol. The van der Waals surface area contributed by atoms with E-state index in [2.05, 4.69) is 21.2 Å². The zero-order chi connectivity index (χ0) is 21.5. The second-order valence-electron chi connectivity index (χ2n) is 6.56. The number of hydrogen-bond acceptors (Lipinski definition) is 3. The number of anilines is 1. The van der Waals surface area contributed by atoms with Gasteiger partial charge in [0.1, 0.15) is 29.8 Å². The van der Waals surface area contributed by atoms with Crippen molar-refractivity contribution in [2.75, 3.05) is 5.32 Å². The van der Waals surface area contributed by atoms with Crippen molar-refractivity contribution in [3.05, 3.63) is 99.3 Å². The number of ether oxygens (including phenoxy) is 1. The van der Waals surface area contributed by atoms with Gasteiger partial charge >= 0.3 is 0 Å². The third-order valence-electron chi connectivity index (χ3n) is 4.25. The normalized spacial score (nSPS) is 10.9. The van der Waals surface area contributed by atoms with Crippen LogP contribution in [0.5, 0.6) is 5.75 Å². The van der Waals surface area contributed by atoms with Gasteiger partial charge in [0, 0.05) is 11.3 Å². The molecule has 0 saturated heterocycles. The first kappa shape index (κ1) is 21.3. The Balaban J connectivity index is 1.72. The first-order chi connectivity index (χ1) is 14.5. The molecule has 30 heavy (non-hydrogen) atoms. The maximum Gasteiger partial charge on any atom is 0.266 e. The Kier molecular flexibility index (Phi) is 6.99. The summed E-state index contributed by atoms with van der Waals surface area (Å²) in [6.07, 6.45) is 1.50. The molecule has 0 fully saturated rings. The predicted octanol–water partition coefficient (Wildman–Crippen LogP) is 6.02. The Morgan fingerprint density at radius 2 is 1.97 bits per heavy atom. The highest BCUT2D eigenvalue weighted by Crippen LogP contribution is 2.28. The zero-order valence-corrected chi connectivity index (χ0v) is 17.7. The first-order valence-electron chi connectivity index (χ1n) is 9.12. The summed E-state index contributed by atoms with van der Waals surface area (Å²) in [6, 6.07) is 20.8. The van der Waals surface area contributed by atoms with Crippen molar-refractivity contribution in [3.8, 4) is 11.8 Å². The van der Waals surface area contributed by atoms with Crippen molar-refractivity contribution in [2.45, 2.75) is 13.5 Å². The smallest absolute Gasteiger partial charge is 0.266 e. The lowest BCUT2D eigenvalue weighted by Gasteiger charge is -2.10. The average molecular weight is 465 g/mol. The summed E-state index contributed by atoms with van der Waals surface area (Å²) in [4.78, 5) is 12.4. The van der Waals surface area contributed by atoms with Crippen LogP contribution >= 0.6 is 15.9 Å². The van der Waals surface area contributed by atoms with Crippen LogP contribution < -0.4 is 10.1 Å². The van der Waals surface area contributed by atoms with Gasteiger partial charge in [0.25, 0.3) is 5.91 Å². The minimum Gasteiger partial charge on any atom is -0.488 e. The third-order valence-corrected chi connectivity index (χ3v) is 4.87. The highest BCUT2D eigenvalue weighted by molar-refractivity contribution is 9.10. The molecule has 0 unspecified atom stereocenters. The molecule has 4 nitrogen and oxygen atoms in total. The van der Waals surface area contributed by atoms with Crippen LogP contribution in [0.15, 0.2) is 76.8 Å². The molecule has 0 spiro atoms. The molecule has 0 aliphatic rings. The zero-order valence-electron chi connectivity index (χ0n) is 16.2. The van der Waals surface area contributed by atoms with Gasteiger partial charge in [-0.15, -0.1) is 0 Å². The number of carbonyl (C=O) groups excluding carboxylic acids is 1. The summed E-state index contributed by atoms with van der Waals surface area (Å²) >= 11 is 3.42. The van der Waals surface area contributed by atoms with Crippen LogP contribution in [0.1, 0.15) is 16.7 Å². The average Bonchev–Trinajstić information content (AvgIpc) is 2.72. The van der Waals surface area contributed by atoms with E-state index < -0.39 is 5.91 Å². The molecule has 0 aromatic heterocycles. The lowest BCUT2D eigenvalue weighted by atomic mass is 10.1. The fourth-order valence-electron chi connectivity index (χ4n) is 2.73. The number of nitriles is 1. The second kappa shape index (κ2) is 9.86. The number of nitrogens with one attached hydrogen (secondary N) is 1. The van der Waals surface area contributed by atoms with Crippen LogP contribution in [-0.4, -0.2) is 5.91 Å². The molecule has 0 saturated carbocycles. The van der Waals surface area contributed by atoms with E-state index in [0.717, 1.165) is 5.56 Å². The Hall–Kier alpha value is -3.43. The van der Waals surface area contributed by atoms with E-state index in [0.29, 0.717) is 27.0 Å². The molecule has 0 aliphatic heterocycles. The number of halogens is 2. The molecule has 3 rings (SSSR count). The minimum absolute atomic E-state index is 0.0246. The summed E-state index contributed by atoms with van der Waals surface area (Å²) < 4.78 is 20.0. The Bertz CT molecular complexity index is 1150. The summed E-state index contributed by atoms with van der Waals surface area (Å²) in [7, 11) is 0. The molecule has 0 bridgehead atoms. The molecule has 150 valence electrons. The lowest BCUT2D eigenvalue weighted by molar-refractivity contribution is -0.112. The number of hydrogen-bond donors (Lipinski definition) is 1. The quantitative estimate of drug-likeness (QED) is 0.358. The van der Waals surface area contributed by atoms with E-state index in [-0.39, 0.29) is 18.0 Å². The molecule has 3 aromatic rings. The van der Waals surface area contributed by atoms with Crippen LogP contribution in [0.25, 0.3) is 6.08 Å². The Labute approximate surface area is 182 Å². The van der Waals surface area contributed by atoms with Crippen LogP contribution in [-0.2, 0) is 11.4 Å². The van der Waals surface area contributed by atoms with Crippen molar-refractivity contribution in [1.29, 1.82) is 5.26 Å². The topological polar surface area (TPSA) is 62.1 Å². The SMILES string of the molecule is Cc1cccc(NC(=O)/C(C#N)=C\c2ccc(OCc3ccccc3F)c(Br)c2)c1. The molecule has 3 aromatic carbocycles. The largest absolute Gasteiger partial charge is 0.488 e. The second-order valence-corrected chi connectivity index (χ2v) is 7.42. The maximum atomic E-state index is 13.7. The van der Waals surface area contributed by atoms with E-state index in [1.807, 2.05) is 31.2 Å². The van der Waals surface area contributed by atoms with Gasteiger partial charge in [-0.05, 0) is 70.4 Å². The molecule has 0 atom stereocenters. The number of aryl methyl sites for hydroxylation is 1. The highest BCUT2D eigenvalue weighted by atomic mass is 79.9. The summed E-state index contributed by atoms with van der Waals surface area (Å²) in [5.41, 5.74) is 2.71. The minimum atomic E-state index is -0.487. The number of rotatable bonds is 6. The van der Waals surface area contributed by atoms with Crippen molar-refractivity contribution in [3.63, 3.8) is 0 Å². The van der Waals surface area contributed by atoms with Gasteiger partial charge in [-0.25, -0.2) is 4.39 Å². The molecule has 0 radical (unpaired) electrons. The predicted molar refractivity (Wildman–Crippen MR) is 118 cm³/mol. The summed E-state index contributed by atoms with van der Waals surface area (Å²) in [5, 5.41) is 12.1. The molecule has 6 heteroatoms. The van der Waals surface area contributed by atoms with E-state index in [1.54, 1.807) is 42.5 Å². The van der Waals surface area contributed by atoms with Gasteiger partial charge in [0.2, 0.25) is 0 Å². The van der Waals surface area contributed by atoms with E-state index >= 15 is 0 Å². The van der Waals surface area contributed by atoms with Gasteiger partial charge in [-0.2, -0.15) is 5.26 Å². The van der Waals surface area contributed by atoms with Gasteiger partial charge in [0.15, 0.2) is 0 Å². The molecule has 1 N–H and O–H groups in total. The van der Waals surface area contributed by atoms with Gasteiger partial charge in [-0.3, -0.25) is 4.79 Å². The van der Waals surface area contributed by atoms with Gasteiger partial charge in [-0.1, -0.05) is 36.4 Å². The van der Waals surface area contributed by atoms with Gasteiger partial charge in [0.05, 0.1) is 4.47 Å². The van der Waals surface area contributed by atoms with Crippen molar-refractivity contribution in [2.24, 2.45) is 0 Å². The monoisotopic (exact) mass is 464 g/mol. The van der Waals surface area contributed by atoms with E-state index in [9.17, 15) is 14.4 Å². The maximum absolute atomic E-state index is 13.7. The Morgan fingerprint density at radius 3 is 2.67 bits per heavy atom. The fourth-order valence-corrected chi connectivity index (χ4v) is 3.24. The van der Waals surface area contributed by atoms with Crippen LogP contribution in [0.2, 0.25) is 0 Å². The molecule has 0 heterocycles. The van der Waals surface area contributed by atoms with Crippen molar-refractivity contribution < 1.29 is 13.9 Å². The summed E-state index contributed by atoms with van der Waals surface area (Å²) in [6.45, 7) is 2.01. The number of carbonyl (C=O) groups is 1. The van der Waals surface area contributed by atoms with Crippen LogP contribution in [0.3, 0.4) is 0 Å². The Morgan fingerprint density at radius 1 is 1.17 bits per heavy atom. The summed E-state index contributed by atoms with van der Waals surface area (Å²) in [5.74, 6) is -0.288. The molecule has 1 amide bonds. The van der Waals surface area contributed by atoms with Gasteiger partial charge < -0.3 is 10.1 Å². The molecule has 0 aliphatic carbocycles. The highest BCUT2D eigenvalue weighted by Gasteiger charge is 2.11. The van der Waals surface area contributed by atoms with Crippen LogP contribution in [0, 0.1) is 24.1 Å². The molecular formula is C24H18BrFN2O2. The van der Waals surface area contributed by atoms with Crippen molar-refractivity contribution >= 4 is 33.6 Å². The standard InChI is InChI=1S/C24H18BrFN2O2/c1-16-5-4-7-20(11-16)28-24(29)19(14-27)12-17-9-10-23(21(25)13-17)30-15-18-6-2-3-8-22(18)26/h2-13H,15H2,1H3,(H,28,29)/b19-12-. The number of nitrogens with zero attached hydrogens (tertiary/aromatic N) is 1. The van der Waals surface area contributed by atoms with Crippen molar-refractivity contribution in [1.82, 2.24) is 0 Å². The van der Waals surface area contributed by atoms with E-state index in [1.165, 1.54) is 12.1 Å². The van der Waals surface area contributed by atoms with E-state index in [4.69, 9.17) is 4.74 Å². The van der Waals surface area contributed by atoms with Crippen LogP contribution in [0.4, 0.5) is 10.1 Å². The first-order valence-corrected chi connectivity index (χ1v) is 9.91.